The second-order valence-electron chi connectivity index (χ2n) is 8.97. The fraction of sp³-hybridized carbons (Fsp3) is 0.458. The maximum atomic E-state index is 13.5. The second kappa shape index (κ2) is 8.97. The van der Waals surface area contributed by atoms with Crippen molar-refractivity contribution in [2.24, 2.45) is 7.05 Å². The summed E-state index contributed by atoms with van der Waals surface area (Å²) in [6.07, 6.45) is 1.99. The number of carbonyl (C=O) groups excluding carboxylic acids is 2. The number of nitrogens with zero attached hydrogens (tertiary/aromatic N) is 4. The summed E-state index contributed by atoms with van der Waals surface area (Å²) in [5.41, 5.74) is 0.413. The Hall–Kier alpha value is -3.20. The Morgan fingerprint density at radius 3 is 2.39 bits per heavy atom. The van der Waals surface area contributed by atoms with E-state index in [2.05, 4.69) is 4.90 Å². The second-order valence-corrected chi connectivity index (χ2v) is 8.97. The number of halogens is 1. The monoisotopic (exact) mass is 456 g/mol. The molecule has 1 N–H and O–H groups in total. The first kappa shape index (κ1) is 23.0. The molecule has 0 spiro atoms. The molecule has 2 amide bonds. The third kappa shape index (κ3) is 4.25. The molecule has 2 aromatic rings. The van der Waals surface area contributed by atoms with Gasteiger partial charge in [-0.25, -0.2) is 4.39 Å². The van der Waals surface area contributed by atoms with Crippen LogP contribution in [-0.2, 0) is 20.0 Å². The molecule has 1 fully saturated rings. The normalized spacial score (nSPS) is 17.2. The summed E-state index contributed by atoms with van der Waals surface area (Å²) >= 11 is 0. The number of rotatable bonds is 4. The number of hydrogen-bond acceptors (Lipinski definition) is 5. The lowest BCUT2D eigenvalue weighted by Crippen LogP contribution is -2.47. The number of aromatic hydroxyl groups is 1. The van der Waals surface area contributed by atoms with Gasteiger partial charge >= 0.3 is 0 Å². The molecule has 0 unspecified atom stereocenters. The van der Waals surface area contributed by atoms with E-state index in [1.165, 1.54) is 24.1 Å². The summed E-state index contributed by atoms with van der Waals surface area (Å²) in [5.74, 6) is -1.83. The first-order valence-electron chi connectivity index (χ1n) is 11.1. The highest BCUT2D eigenvalue weighted by Crippen LogP contribution is 2.29. The van der Waals surface area contributed by atoms with E-state index in [-0.39, 0.29) is 35.6 Å². The van der Waals surface area contributed by atoms with E-state index in [1.54, 1.807) is 24.1 Å². The molecule has 1 aromatic carbocycles. The average molecular weight is 457 g/mol. The Balaban J connectivity index is 1.67. The SMILES string of the molecule is CN1CCC(N(C)C(=O)c2c3c(c(O)c(=O)n2C)C(=O)N(Cc2ccc(F)cc2)CC3)CC1. The lowest BCUT2D eigenvalue weighted by molar-refractivity contribution is 0.0644. The van der Waals surface area contributed by atoms with Crippen molar-refractivity contribution in [3.05, 3.63) is 62.8 Å². The number of amides is 2. The molecule has 1 saturated heterocycles. The van der Waals surface area contributed by atoms with E-state index in [0.717, 1.165) is 36.1 Å². The van der Waals surface area contributed by atoms with Gasteiger partial charge in [0.05, 0.1) is 5.56 Å². The van der Waals surface area contributed by atoms with E-state index in [0.29, 0.717) is 18.5 Å². The smallest absolute Gasteiger partial charge is 0.293 e. The van der Waals surface area contributed by atoms with Crippen molar-refractivity contribution in [1.82, 2.24) is 19.3 Å². The van der Waals surface area contributed by atoms with E-state index in [9.17, 15) is 23.9 Å². The molecular weight excluding hydrogens is 427 g/mol. The van der Waals surface area contributed by atoms with Gasteiger partial charge in [0.1, 0.15) is 11.5 Å². The molecule has 4 rings (SSSR count). The van der Waals surface area contributed by atoms with E-state index >= 15 is 0 Å². The van der Waals surface area contributed by atoms with Crippen molar-refractivity contribution < 1.29 is 19.1 Å². The van der Waals surface area contributed by atoms with Gasteiger partial charge in [-0.2, -0.15) is 0 Å². The minimum absolute atomic E-state index is 0.0440. The van der Waals surface area contributed by atoms with Crippen LogP contribution < -0.4 is 5.56 Å². The van der Waals surface area contributed by atoms with Crippen LogP contribution in [0.25, 0.3) is 0 Å². The number of aromatic nitrogens is 1. The standard InChI is InChI=1S/C24H29FN4O4/c1-26-11-8-17(9-12-26)27(2)23(32)20-18-10-13-29(14-15-4-6-16(25)7-5-15)22(31)19(18)21(30)24(33)28(20)3/h4-7,17,30H,8-14H2,1-3H3. The van der Waals surface area contributed by atoms with Crippen LogP contribution in [0.4, 0.5) is 4.39 Å². The zero-order valence-corrected chi connectivity index (χ0v) is 19.2. The molecule has 3 heterocycles. The third-order valence-electron chi connectivity index (χ3n) is 6.85. The van der Waals surface area contributed by atoms with Gasteiger partial charge in [-0.1, -0.05) is 12.1 Å². The molecule has 0 radical (unpaired) electrons. The Kier molecular flexibility index (Phi) is 6.25. The van der Waals surface area contributed by atoms with Crippen molar-refractivity contribution in [1.29, 1.82) is 0 Å². The van der Waals surface area contributed by atoms with Crippen LogP contribution in [0.3, 0.4) is 0 Å². The van der Waals surface area contributed by atoms with Crippen molar-refractivity contribution in [2.75, 3.05) is 33.7 Å². The van der Waals surface area contributed by atoms with Gasteiger partial charge in [-0.3, -0.25) is 14.4 Å². The Labute approximate surface area is 191 Å². The first-order valence-corrected chi connectivity index (χ1v) is 11.1. The molecule has 9 heteroatoms. The number of likely N-dealkylation sites (tertiary alicyclic amines) is 1. The first-order chi connectivity index (χ1) is 15.7. The molecule has 0 aliphatic carbocycles. The van der Waals surface area contributed by atoms with Crippen LogP contribution in [0, 0.1) is 5.82 Å². The molecule has 2 aliphatic rings. The summed E-state index contributed by atoms with van der Waals surface area (Å²) in [6.45, 7) is 2.29. The molecule has 8 nitrogen and oxygen atoms in total. The highest BCUT2D eigenvalue weighted by atomic mass is 19.1. The lowest BCUT2D eigenvalue weighted by Gasteiger charge is -2.36. The Morgan fingerprint density at radius 1 is 1.12 bits per heavy atom. The van der Waals surface area contributed by atoms with Gasteiger partial charge in [0.2, 0.25) is 0 Å². The summed E-state index contributed by atoms with van der Waals surface area (Å²) in [5, 5.41) is 10.6. The third-order valence-corrected chi connectivity index (χ3v) is 6.85. The summed E-state index contributed by atoms with van der Waals surface area (Å²) in [6, 6.07) is 5.87. The zero-order valence-electron chi connectivity index (χ0n) is 19.2. The predicted octanol–water partition coefficient (Wildman–Crippen LogP) is 1.59. The zero-order chi connectivity index (χ0) is 23.9. The molecule has 0 atom stereocenters. The number of hydrogen-bond donors (Lipinski definition) is 1. The van der Waals surface area contributed by atoms with E-state index < -0.39 is 17.2 Å². The maximum Gasteiger partial charge on any atom is 0.293 e. The van der Waals surface area contributed by atoms with Crippen LogP contribution in [-0.4, -0.2) is 76.0 Å². The Morgan fingerprint density at radius 2 is 1.76 bits per heavy atom. The fourth-order valence-corrected chi connectivity index (χ4v) is 4.76. The van der Waals surface area contributed by atoms with Gasteiger partial charge in [0, 0.05) is 38.8 Å². The topological polar surface area (TPSA) is 86.1 Å². The molecule has 0 bridgehead atoms. The maximum absolute atomic E-state index is 13.5. The largest absolute Gasteiger partial charge is 0.502 e. The fourth-order valence-electron chi connectivity index (χ4n) is 4.76. The van der Waals surface area contributed by atoms with Crippen molar-refractivity contribution in [3.63, 3.8) is 0 Å². The van der Waals surface area contributed by atoms with Gasteiger partial charge in [-0.05, 0) is 57.1 Å². The number of pyridine rings is 1. The van der Waals surface area contributed by atoms with Crippen LogP contribution in [0.5, 0.6) is 5.75 Å². The molecule has 0 saturated carbocycles. The molecule has 1 aromatic heterocycles. The predicted molar refractivity (Wildman–Crippen MR) is 121 cm³/mol. The van der Waals surface area contributed by atoms with Crippen molar-refractivity contribution in [3.8, 4) is 5.75 Å². The van der Waals surface area contributed by atoms with Crippen LogP contribution in [0.1, 0.15) is 44.8 Å². The molecule has 2 aliphatic heterocycles. The highest BCUT2D eigenvalue weighted by molar-refractivity contribution is 6.03. The molecular formula is C24H29FN4O4. The van der Waals surface area contributed by atoms with Crippen molar-refractivity contribution in [2.45, 2.75) is 31.8 Å². The summed E-state index contributed by atoms with van der Waals surface area (Å²) in [4.78, 5) is 44.9. The van der Waals surface area contributed by atoms with Gasteiger partial charge in [0.25, 0.3) is 17.4 Å². The van der Waals surface area contributed by atoms with Crippen LogP contribution in [0.15, 0.2) is 29.1 Å². The van der Waals surface area contributed by atoms with Gasteiger partial charge in [-0.15, -0.1) is 0 Å². The average Bonchev–Trinajstić information content (AvgIpc) is 2.80. The Bertz CT molecular complexity index is 1140. The van der Waals surface area contributed by atoms with Crippen LogP contribution in [0.2, 0.25) is 0 Å². The quantitative estimate of drug-likeness (QED) is 0.755. The number of carbonyl (C=O) groups is 2. The van der Waals surface area contributed by atoms with E-state index in [4.69, 9.17) is 0 Å². The minimum atomic E-state index is -0.772. The van der Waals surface area contributed by atoms with Gasteiger partial charge in [0.15, 0.2) is 5.75 Å². The highest BCUT2D eigenvalue weighted by Gasteiger charge is 2.36. The summed E-state index contributed by atoms with van der Waals surface area (Å²) < 4.78 is 14.4. The van der Waals surface area contributed by atoms with Gasteiger partial charge < -0.3 is 24.4 Å². The number of fused-ring (bicyclic) bond motifs is 1. The number of benzene rings is 1. The minimum Gasteiger partial charge on any atom is -0.502 e. The summed E-state index contributed by atoms with van der Waals surface area (Å²) in [7, 11) is 5.22. The number of piperidine rings is 1. The van der Waals surface area contributed by atoms with Crippen molar-refractivity contribution >= 4 is 11.8 Å². The molecule has 33 heavy (non-hydrogen) atoms. The van der Waals surface area contributed by atoms with E-state index in [1.807, 2.05) is 7.05 Å². The lowest BCUT2D eigenvalue weighted by atomic mass is 9.94. The molecule has 176 valence electrons. The van der Waals surface area contributed by atoms with Crippen LogP contribution >= 0.6 is 0 Å².